The summed E-state index contributed by atoms with van der Waals surface area (Å²) >= 11 is 0. The van der Waals surface area contributed by atoms with Crippen molar-refractivity contribution in [1.82, 2.24) is 0 Å². The molecule has 5 heteroatoms. The number of halogens is 1. The Balaban J connectivity index is 1.78. The monoisotopic (exact) mass is 329 g/mol. The van der Waals surface area contributed by atoms with Crippen LogP contribution in [0.2, 0.25) is 0 Å². The van der Waals surface area contributed by atoms with Gasteiger partial charge in [0.25, 0.3) is 0 Å². The Bertz CT molecular complexity index is 637. The fraction of sp³-hybridized carbons (Fsp3) is 0.316. The summed E-state index contributed by atoms with van der Waals surface area (Å²) in [5.74, 6) is -0.327. The lowest BCUT2D eigenvalue weighted by atomic mass is 10.2. The second kappa shape index (κ2) is 8.91. The van der Waals surface area contributed by atoms with Crippen LogP contribution in [0, 0.1) is 5.82 Å². The van der Waals surface area contributed by atoms with Gasteiger partial charge in [-0.1, -0.05) is 0 Å². The number of benzene rings is 2. The Kier molecular flexibility index (Phi) is 6.61. The maximum Gasteiger partial charge on any atom is 0.226 e. The summed E-state index contributed by atoms with van der Waals surface area (Å²) in [6, 6.07) is 13.9. The first-order valence-electron chi connectivity index (χ1n) is 8.26. The lowest BCUT2D eigenvalue weighted by Crippen LogP contribution is -2.21. The lowest BCUT2D eigenvalue weighted by Gasteiger charge is -2.21. The minimum Gasteiger partial charge on any atom is -0.385 e. The van der Waals surface area contributed by atoms with Crippen LogP contribution in [0.3, 0.4) is 0 Å². The molecule has 0 bridgehead atoms. The second-order valence-electron chi connectivity index (χ2n) is 5.45. The van der Waals surface area contributed by atoms with E-state index >= 15 is 0 Å². The summed E-state index contributed by atoms with van der Waals surface area (Å²) in [6.07, 6.45) is 0.342. The third-order valence-corrected chi connectivity index (χ3v) is 3.81. The van der Waals surface area contributed by atoms with Crippen molar-refractivity contribution in [2.75, 3.05) is 35.2 Å². The summed E-state index contributed by atoms with van der Waals surface area (Å²) in [5.41, 5.74) is 2.74. The third-order valence-electron chi connectivity index (χ3n) is 3.81. The highest BCUT2D eigenvalue weighted by Crippen LogP contribution is 2.17. The maximum atomic E-state index is 12.8. The highest BCUT2D eigenvalue weighted by atomic mass is 19.1. The Morgan fingerprint density at radius 3 is 2.12 bits per heavy atom. The SMILES string of the molecule is CCN(CC)c1ccc(NC(=O)CCNc2ccc(F)cc2)cc1. The number of nitrogens with zero attached hydrogens (tertiary/aromatic N) is 1. The standard InChI is InChI=1S/C19H24FN3O/c1-3-23(4-2)18-11-9-17(10-12-18)22-19(24)13-14-21-16-7-5-15(20)6-8-16/h5-12,21H,3-4,13-14H2,1-2H3,(H,22,24). The van der Waals surface area contributed by atoms with E-state index in [2.05, 4.69) is 29.4 Å². The van der Waals surface area contributed by atoms with Crippen molar-refractivity contribution < 1.29 is 9.18 Å². The molecule has 0 atom stereocenters. The largest absolute Gasteiger partial charge is 0.385 e. The van der Waals surface area contributed by atoms with Gasteiger partial charge in [0.15, 0.2) is 0 Å². The zero-order chi connectivity index (χ0) is 17.4. The normalized spacial score (nSPS) is 10.3. The van der Waals surface area contributed by atoms with Gasteiger partial charge in [0.1, 0.15) is 5.82 Å². The van der Waals surface area contributed by atoms with Crippen molar-refractivity contribution in [2.24, 2.45) is 0 Å². The molecule has 0 radical (unpaired) electrons. The molecule has 2 N–H and O–H groups in total. The molecule has 4 nitrogen and oxygen atoms in total. The number of amides is 1. The van der Waals surface area contributed by atoms with Crippen LogP contribution in [0.15, 0.2) is 48.5 Å². The highest BCUT2D eigenvalue weighted by molar-refractivity contribution is 5.91. The van der Waals surface area contributed by atoms with Crippen molar-refractivity contribution in [3.8, 4) is 0 Å². The van der Waals surface area contributed by atoms with E-state index in [0.29, 0.717) is 13.0 Å². The number of rotatable bonds is 8. The van der Waals surface area contributed by atoms with E-state index in [-0.39, 0.29) is 11.7 Å². The average molecular weight is 329 g/mol. The summed E-state index contributed by atoms with van der Waals surface area (Å²) in [4.78, 5) is 14.2. The van der Waals surface area contributed by atoms with Gasteiger partial charge in [-0.25, -0.2) is 4.39 Å². The maximum absolute atomic E-state index is 12.8. The Labute approximate surface area is 142 Å². The molecular weight excluding hydrogens is 305 g/mol. The molecule has 24 heavy (non-hydrogen) atoms. The smallest absolute Gasteiger partial charge is 0.226 e. The molecule has 0 saturated carbocycles. The molecule has 0 unspecified atom stereocenters. The van der Waals surface area contributed by atoms with Crippen LogP contribution in [-0.4, -0.2) is 25.5 Å². The van der Waals surface area contributed by atoms with Crippen LogP contribution in [0.25, 0.3) is 0 Å². The number of carbonyl (C=O) groups is 1. The van der Waals surface area contributed by atoms with E-state index < -0.39 is 0 Å². The molecule has 1 amide bonds. The van der Waals surface area contributed by atoms with Gasteiger partial charge < -0.3 is 15.5 Å². The molecule has 0 saturated heterocycles. The fourth-order valence-electron chi connectivity index (χ4n) is 2.46. The van der Waals surface area contributed by atoms with Gasteiger partial charge in [0.05, 0.1) is 0 Å². The number of carbonyl (C=O) groups excluding carboxylic acids is 1. The summed E-state index contributed by atoms with van der Waals surface area (Å²) in [7, 11) is 0. The Morgan fingerprint density at radius 2 is 1.54 bits per heavy atom. The fourth-order valence-corrected chi connectivity index (χ4v) is 2.46. The van der Waals surface area contributed by atoms with Gasteiger partial charge in [0, 0.05) is 43.1 Å². The van der Waals surface area contributed by atoms with Gasteiger partial charge in [-0.15, -0.1) is 0 Å². The first kappa shape index (κ1) is 17.8. The van der Waals surface area contributed by atoms with Gasteiger partial charge in [-0.05, 0) is 62.4 Å². The predicted octanol–water partition coefficient (Wildman–Crippen LogP) is 4.11. The van der Waals surface area contributed by atoms with Crippen LogP contribution < -0.4 is 15.5 Å². The van der Waals surface area contributed by atoms with Crippen LogP contribution in [0.4, 0.5) is 21.5 Å². The average Bonchev–Trinajstić information content (AvgIpc) is 2.59. The minimum absolute atomic E-state index is 0.0554. The molecular formula is C19H24FN3O. The summed E-state index contributed by atoms with van der Waals surface area (Å²) in [6.45, 7) is 6.64. The van der Waals surface area contributed by atoms with Gasteiger partial charge in [-0.2, -0.15) is 0 Å². The predicted molar refractivity (Wildman–Crippen MR) is 98.1 cm³/mol. The van der Waals surface area contributed by atoms with Crippen LogP contribution in [0.1, 0.15) is 20.3 Å². The van der Waals surface area contributed by atoms with Crippen LogP contribution >= 0.6 is 0 Å². The highest BCUT2D eigenvalue weighted by Gasteiger charge is 2.04. The molecule has 0 fully saturated rings. The first-order valence-corrected chi connectivity index (χ1v) is 8.26. The summed E-state index contributed by atoms with van der Waals surface area (Å²) in [5, 5.41) is 5.98. The summed E-state index contributed by atoms with van der Waals surface area (Å²) < 4.78 is 12.8. The zero-order valence-electron chi connectivity index (χ0n) is 14.2. The van der Waals surface area contributed by atoms with E-state index in [1.165, 1.54) is 12.1 Å². The minimum atomic E-state index is -0.272. The zero-order valence-corrected chi connectivity index (χ0v) is 14.2. The van der Waals surface area contributed by atoms with Gasteiger partial charge in [-0.3, -0.25) is 4.79 Å². The Morgan fingerprint density at radius 1 is 0.958 bits per heavy atom. The molecule has 2 rings (SSSR count). The van der Waals surface area contributed by atoms with Crippen molar-refractivity contribution in [3.05, 3.63) is 54.3 Å². The third kappa shape index (κ3) is 5.26. The number of nitrogens with one attached hydrogen (secondary N) is 2. The van der Waals surface area contributed by atoms with E-state index in [4.69, 9.17) is 0 Å². The van der Waals surface area contributed by atoms with E-state index in [0.717, 1.165) is 30.2 Å². The molecule has 2 aromatic rings. The molecule has 0 aromatic heterocycles. The van der Waals surface area contributed by atoms with Crippen molar-refractivity contribution in [3.63, 3.8) is 0 Å². The van der Waals surface area contributed by atoms with Crippen molar-refractivity contribution in [2.45, 2.75) is 20.3 Å². The number of hydrogen-bond donors (Lipinski definition) is 2. The molecule has 2 aromatic carbocycles. The van der Waals surface area contributed by atoms with Crippen molar-refractivity contribution in [1.29, 1.82) is 0 Å². The van der Waals surface area contributed by atoms with E-state index in [9.17, 15) is 9.18 Å². The molecule has 0 heterocycles. The van der Waals surface area contributed by atoms with Gasteiger partial charge in [0.2, 0.25) is 5.91 Å². The topological polar surface area (TPSA) is 44.4 Å². The van der Waals surface area contributed by atoms with Crippen LogP contribution in [0.5, 0.6) is 0 Å². The number of anilines is 3. The first-order chi connectivity index (χ1) is 11.6. The van der Waals surface area contributed by atoms with Gasteiger partial charge >= 0.3 is 0 Å². The number of hydrogen-bond acceptors (Lipinski definition) is 3. The van der Waals surface area contributed by atoms with Crippen molar-refractivity contribution >= 4 is 23.0 Å². The van der Waals surface area contributed by atoms with E-state index in [1.807, 2.05) is 24.3 Å². The lowest BCUT2D eigenvalue weighted by molar-refractivity contribution is -0.115. The second-order valence-corrected chi connectivity index (χ2v) is 5.45. The molecule has 0 aliphatic carbocycles. The molecule has 0 spiro atoms. The molecule has 128 valence electrons. The Hall–Kier alpha value is -2.56. The molecule has 0 aliphatic heterocycles. The van der Waals surface area contributed by atoms with E-state index in [1.54, 1.807) is 12.1 Å². The van der Waals surface area contributed by atoms with Crippen LogP contribution in [-0.2, 0) is 4.79 Å². The quantitative estimate of drug-likeness (QED) is 0.766. The molecule has 0 aliphatic rings.